The second-order valence-electron chi connectivity index (χ2n) is 4.78. The van der Waals surface area contributed by atoms with Crippen LogP contribution < -0.4 is 5.32 Å². The molecule has 0 bridgehead atoms. The van der Waals surface area contributed by atoms with Crippen molar-refractivity contribution in [3.8, 4) is 0 Å². The molecular formula is C16H14Cl2N2O3. The van der Waals surface area contributed by atoms with Crippen LogP contribution in [0.3, 0.4) is 0 Å². The van der Waals surface area contributed by atoms with Crippen molar-refractivity contribution in [1.82, 2.24) is 10.3 Å². The third kappa shape index (κ3) is 5.23. The van der Waals surface area contributed by atoms with Crippen LogP contribution in [0.1, 0.15) is 28.9 Å². The number of carbonyl (C=O) groups excluding carboxylic acids is 2. The molecule has 1 aromatic carbocycles. The summed E-state index contributed by atoms with van der Waals surface area (Å²) in [6.45, 7) is 1.45. The Balaban J connectivity index is 1.87. The van der Waals surface area contributed by atoms with Gasteiger partial charge in [-0.15, -0.1) is 0 Å². The molecule has 7 heteroatoms. The highest BCUT2D eigenvalue weighted by Crippen LogP contribution is 2.15. The van der Waals surface area contributed by atoms with Gasteiger partial charge in [-0.25, -0.2) is 9.78 Å². The van der Waals surface area contributed by atoms with E-state index < -0.39 is 18.5 Å². The van der Waals surface area contributed by atoms with E-state index in [1.54, 1.807) is 0 Å². The number of esters is 1. The average molecular weight is 353 g/mol. The standard InChI is InChI=1S/C16H14Cl2N2O3/c1-10(11-5-3-2-4-6-11)19-15(21)9-23-16(22)12-7-13(17)20-14(18)8-12/h2-8,10H,9H2,1H3,(H,19,21). The first-order chi connectivity index (χ1) is 11.0. The highest BCUT2D eigenvalue weighted by molar-refractivity contribution is 6.32. The highest BCUT2D eigenvalue weighted by Gasteiger charge is 2.14. The molecule has 0 aliphatic carbocycles. The van der Waals surface area contributed by atoms with Crippen molar-refractivity contribution in [3.05, 3.63) is 63.9 Å². The van der Waals surface area contributed by atoms with E-state index in [4.69, 9.17) is 27.9 Å². The smallest absolute Gasteiger partial charge is 0.338 e. The first-order valence-corrected chi connectivity index (χ1v) is 7.56. The number of halogens is 2. The Morgan fingerprint density at radius 2 is 1.78 bits per heavy atom. The van der Waals surface area contributed by atoms with Crippen molar-refractivity contribution in [3.63, 3.8) is 0 Å². The van der Waals surface area contributed by atoms with Gasteiger partial charge in [0.15, 0.2) is 6.61 Å². The summed E-state index contributed by atoms with van der Waals surface area (Å²) in [7, 11) is 0. The van der Waals surface area contributed by atoms with Crippen LogP contribution in [-0.4, -0.2) is 23.5 Å². The van der Waals surface area contributed by atoms with E-state index in [0.717, 1.165) is 5.56 Å². The van der Waals surface area contributed by atoms with Crippen molar-refractivity contribution in [1.29, 1.82) is 0 Å². The topological polar surface area (TPSA) is 68.3 Å². The second kappa shape index (κ2) is 7.94. The lowest BCUT2D eigenvalue weighted by Gasteiger charge is -2.14. The third-order valence-corrected chi connectivity index (χ3v) is 3.40. The molecule has 1 heterocycles. The molecule has 0 aliphatic heterocycles. The Labute approximate surface area is 143 Å². The summed E-state index contributed by atoms with van der Waals surface area (Å²) in [5.41, 5.74) is 1.10. The van der Waals surface area contributed by atoms with E-state index in [9.17, 15) is 9.59 Å². The molecule has 5 nitrogen and oxygen atoms in total. The number of nitrogens with zero attached hydrogens (tertiary/aromatic N) is 1. The molecule has 0 saturated carbocycles. The van der Waals surface area contributed by atoms with Crippen LogP contribution in [0.2, 0.25) is 10.3 Å². The van der Waals surface area contributed by atoms with Crippen molar-refractivity contribution in [2.24, 2.45) is 0 Å². The number of hydrogen-bond donors (Lipinski definition) is 1. The second-order valence-corrected chi connectivity index (χ2v) is 5.55. The first kappa shape index (κ1) is 17.2. The molecule has 23 heavy (non-hydrogen) atoms. The lowest BCUT2D eigenvalue weighted by Crippen LogP contribution is -2.31. The van der Waals surface area contributed by atoms with Gasteiger partial charge in [-0.2, -0.15) is 0 Å². The Hall–Kier alpha value is -2.11. The Morgan fingerprint density at radius 3 is 2.39 bits per heavy atom. The molecule has 1 atom stereocenters. The highest BCUT2D eigenvalue weighted by atomic mass is 35.5. The fourth-order valence-electron chi connectivity index (χ4n) is 1.91. The van der Waals surface area contributed by atoms with Gasteiger partial charge >= 0.3 is 5.97 Å². The van der Waals surface area contributed by atoms with Gasteiger partial charge in [-0.05, 0) is 24.6 Å². The van der Waals surface area contributed by atoms with Crippen molar-refractivity contribution >= 4 is 35.1 Å². The van der Waals surface area contributed by atoms with Gasteiger partial charge in [0.2, 0.25) is 0 Å². The van der Waals surface area contributed by atoms with Crippen LogP contribution in [0.25, 0.3) is 0 Å². The molecule has 0 spiro atoms. The summed E-state index contributed by atoms with van der Waals surface area (Å²) < 4.78 is 4.94. The van der Waals surface area contributed by atoms with Crippen LogP contribution in [-0.2, 0) is 9.53 Å². The molecule has 1 N–H and O–H groups in total. The Kier molecular flexibility index (Phi) is 5.96. The summed E-state index contributed by atoms with van der Waals surface area (Å²) in [4.78, 5) is 27.4. The maximum atomic E-state index is 11.9. The van der Waals surface area contributed by atoms with Gasteiger partial charge in [0.25, 0.3) is 5.91 Å². The van der Waals surface area contributed by atoms with E-state index in [2.05, 4.69) is 10.3 Å². The molecule has 1 amide bonds. The number of carbonyl (C=O) groups is 2. The summed E-state index contributed by atoms with van der Waals surface area (Å²) in [6, 6.07) is 11.9. The molecule has 1 unspecified atom stereocenters. The van der Waals surface area contributed by atoms with Crippen LogP contribution in [0.15, 0.2) is 42.5 Å². The molecule has 0 saturated heterocycles. The maximum absolute atomic E-state index is 11.9. The average Bonchev–Trinajstić information content (AvgIpc) is 2.52. The van der Waals surface area contributed by atoms with Crippen LogP contribution in [0.4, 0.5) is 0 Å². The molecule has 0 aliphatic rings. The summed E-state index contributed by atoms with van der Waals surface area (Å²) in [6.07, 6.45) is 0. The first-order valence-electron chi connectivity index (χ1n) is 6.80. The Morgan fingerprint density at radius 1 is 1.17 bits per heavy atom. The van der Waals surface area contributed by atoms with Gasteiger partial charge in [0.1, 0.15) is 10.3 Å². The minimum atomic E-state index is -0.696. The monoisotopic (exact) mass is 352 g/mol. The van der Waals surface area contributed by atoms with Gasteiger partial charge in [-0.3, -0.25) is 4.79 Å². The normalized spacial score (nSPS) is 11.6. The molecule has 0 radical (unpaired) electrons. The van der Waals surface area contributed by atoms with E-state index in [0.29, 0.717) is 0 Å². The minimum Gasteiger partial charge on any atom is -0.452 e. The van der Waals surface area contributed by atoms with Crippen molar-refractivity contribution < 1.29 is 14.3 Å². The molecular weight excluding hydrogens is 339 g/mol. The predicted octanol–water partition coefficient (Wildman–Crippen LogP) is 3.42. The van der Waals surface area contributed by atoms with Gasteiger partial charge in [-0.1, -0.05) is 53.5 Å². The lowest BCUT2D eigenvalue weighted by atomic mass is 10.1. The fourth-order valence-corrected chi connectivity index (χ4v) is 2.37. The predicted molar refractivity (Wildman–Crippen MR) is 87.5 cm³/mol. The summed E-state index contributed by atoms with van der Waals surface area (Å²) >= 11 is 11.4. The summed E-state index contributed by atoms with van der Waals surface area (Å²) in [5.74, 6) is -1.10. The number of ether oxygens (including phenoxy) is 1. The largest absolute Gasteiger partial charge is 0.452 e. The van der Waals surface area contributed by atoms with Gasteiger partial charge < -0.3 is 10.1 Å². The number of benzene rings is 1. The zero-order chi connectivity index (χ0) is 16.8. The molecule has 0 fully saturated rings. The van der Waals surface area contributed by atoms with Crippen molar-refractivity contribution in [2.45, 2.75) is 13.0 Å². The van der Waals surface area contributed by atoms with E-state index in [1.165, 1.54) is 12.1 Å². The van der Waals surface area contributed by atoms with Crippen LogP contribution in [0.5, 0.6) is 0 Å². The fraction of sp³-hybridized carbons (Fsp3) is 0.188. The van der Waals surface area contributed by atoms with E-state index in [1.807, 2.05) is 37.3 Å². The van der Waals surface area contributed by atoms with Gasteiger partial charge in [0, 0.05) is 0 Å². The van der Waals surface area contributed by atoms with E-state index in [-0.39, 0.29) is 21.9 Å². The van der Waals surface area contributed by atoms with Crippen molar-refractivity contribution in [2.75, 3.05) is 6.61 Å². The zero-order valence-electron chi connectivity index (χ0n) is 12.3. The number of hydrogen-bond acceptors (Lipinski definition) is 4. The molecule has 1 aromatic heterocycles. The van der Waals surface area contributed by atoms with Crippen LogP contribution >= 0.6 is 23.2 Å². The lowest BCUT2D eigenvalue weighted by molar-refractivity contribution is -0.124. The quantitative estimate of drug-likeness (QED) is 0.661. The Bertz CT molecular complexity index is 687. The zero-order valence-corrected chi connectivity index (χ0v) is 13.8. The van der Waals surface area contributed by atoms with Crippen LogP contribution in [0, 0.1) is 0 Å². The molecule has 2 aromatic rings. The molecule has 2 rings (SSSR count). The summed E-state index contributed by atoms with van der Waals surface area (Å²) in [5, 5.41) is 2.90. The van der Waals surface area contributed by atoms with Gasteiger partial charge in [0.05, 0.1) is 11.6 Å². The number of nitrogens with one attached hydrogen (secondary N) is 1. The number of pyridine rings is 1. The van der Waals surface area contributed by atoms with E-state index >= 15 is 0 Å². The number of rotatable bonds is 5. The number of aromatic nitrogens is 1. The number of amides is 1. The SMILES string of the molecule is CC(NC(=O)COC(=O)c1cc(Cl)nc(Cl)c1)c1ccccc1. The maximum Gasteiger partial charge on any atom is 0.338 e. The third-order valence-electron chi connectivity index (χ3n) is 3.01. The molecule has 120 valence electrons. The minimum absolute atomic E-state index is 0.0756.